The maximum absolute atomic E-state index is 4.08. The van der Waals surface area contributed by atoms with Gasteiger partial charge in [-0.1, -0.05) is 6.42 Å². The van der Waals surface area contributed by atoms with Gasteiger partial charge in [0, 0.05) is 31.2 Å². The highest BCUT2D eigenvalue weighted by Gasteiger charge is 2.40. The minimum atomic E-state index is 0.808. The highest BCUT2D eigenvalue weighted by molar-refractivity contribution is 4.98. The van der Waals surface area contributed by atoms with Crippen molar-refractivity contribution in [1.82, 2.24) is 15.1 Å². The zero-order valence-corrected chi connectivity index (χ0v) is 11.5. The van der Waals surface area contributed by atoms with Crippen molar-refractivity contribution in [3.63, 3.8) is 0 Å². The molecule has 4 aliphatic rings. The Hall–Kier alpha value is -0.120. The number of hydrogen-bond acceptors (Lipinski definition) is 3. The second-order valence-electron chi connectivity index (χ2n) is 6.91. The standard InChI is InChI=1S/C15H27N3/c1-2-7-18-10-6-14(15(18)3-1)16-13-5-9-17-8-4-12(13)11-17/h12-16H,1-11H2. The van der Waals surface area contributed by atoms with Crippen molar-refractivity contribution in [2.75, 3.05) is 32.7 Å². The lowest BCUT2D eigenvalue weighted by Gasteiger charge is -2.37. The van der Waals surface area contributed by atoms with E-state index >= 15 is 0 Å². The molecule has 4 aliphatic heterocycles. The normalized spacial score (nSPS) is 48.3. The first kappa shape index (κ1) is 11.7. The van der Waals surface area contributed by atoms with E-state index in [0.717, 1.165) is 24.0 Å². The van der Waals surface area contributed by atoms with E-state index in [2.05, 4.69) is 15.1 Å². The van der Waals surface area contributed by atoms with E-state index in [1.54, 1.807) is 0 Å². The zero-order chi connectivity index (χ0) is 11.9. The Morgan fingerprint density at radius 3 is 2.67 bits per heavy atom. The van der Waals surface area contributed by atoms with Crippen LogP contribution in [0.1, 0.15) is 38.5 Å². The topological polar surface area (TPSA) is 18.5 Å². The van der Waals surface area contributed by atoms with Gasteiger partial charge in [-0.3, -0.25) is 4.90 Å². The van der Waals surface area contributed by atoms with E-state index in [4.69, 9.17) is 0 Å². The molecule has 0 aliphatic carbocycles. The molecule has 4 heterocycles. The van der Waals surface area contributed by atoms with Gasteiger partial charge in [-0.2, -0.15) is 0 Å². The Morgan fingerprint density at radius 1 is 0.778 bits per heavy atom. The lowest BCUT2D eigenvalue weighted by atomic mass is 9.91. The van der Waals surface area contributed by atoms with Gasteiger partial charge >= 0.3 is 0 Å². The van der Waals surface area contributed by atoms with Gasteiger partial charge in [-0.25, -0.2) is 0 Å². The molecule has 1 N–H and O–H groups in total. The molecule has 4 saturated heterocycles. The SMILES string of the molecule is C1CCN2CCC(NC3CCN4CCC3C4)C2C1. The maximum Gasteiger partial charge on any atom is 0.0249 e. The molecular formula is C15H27N3. The highest BCUT2D eigenvalue weighted by Crippen LogP contribution is 2.31. The van der Waals surface area contributed by atoms with Crippen LogP contribution in [0.15, 0.2) is 0 Å². The third kappa shape index (κ3) is 2.00. The lowest BCUT2D eigenvalue weighted by molar-refractivity contribution is 0.158. The lowest BCUT2D eigenvalue weighted by Crippen LogP contribution is -2.52. The molecule has 0 aromatic rings. The summed E-state index contributed by atoms with van der Waals surface area (Å²) in [5.74, 6) is 0.955. The highest BCUT2D eigenvalue weighted by atomic mass is 15.2. The summed E-state index contributed by atoms with van der Waals surface area (Å²) in [6.07, 6.45) is 8.58. The quantitative estimate of drug-likeness (QED) is 0.796. The minimum absolute atomic E-state index is 0.808. The fourth-order valence-corrected chi connectivity index (χ4v) is 4.89. The van der Waals surface area contributed by atoms with Gasteiger partial charge in [0.05, 0.1) is 0 Å². The predicted octanol–water partition coefficient (Wildman–Crippen LogP) is 1.30. The molecule has 3 nitrogen and oxygen atoms in total. The van der Waals surface area contributed by atoms with Crippen LogP contribution in [0.5, 0.6) is 0 Å². The van der Waals surface area contributed by atoms with Crippen LogP contribution in [0.4, 0.5) is 0 Å². The number of nitrogens with zero attached hydrogens (tertiary/aromatic N) is 2. The Balaban J connectivity index is 1.39. The second-order valence-corrected chi connectivity index (χ2v) is 6.91. The maximum atomic E-state index is 4.08. The average molecular weight is 249 g/mol. The second kappa shape index (κ2) is 4.77. The van der Waals surface area contributed by atoms with Gasteiger partial charge < -0.3 is 10.2 Å². The molecule has 2 bridgehead atoms. The molecule has 18 heavy (non-hydrogen) atoms. The minimum Gasteiger partial charge on any atom is -0.309 e. The van der Waals surface area contributed by atoms with Crippen LogP contribution in [0, 0.1) is 5.92 Å². The van der Waals surface area contributed by atoms with Crippen molar-refractivity contribution in [2.45, 2.75) is 56.7 Å². The van der Waals surface area contributed by atoms with Crippen LogP contribution < -0.4 is 5.32 Å². The van der Waals surface area contributed by atoms with E-state index < -0.39 is 0 Å². The van der Waals surface area contributed by atoms with Crippen molar-refractivity contribution in [2.24, 2.45) is 5.92 Å². The summed E-state index contributed by atoms with van der Waals surface area (Å²) in [7, 11) is 0. The fourth-order valence-electron chi connectivity index (χ4n) is 4.89. The summed E-state index contributed by atoms with van der Waals surface area (Å²) in [6, 6.07) is 2.51. The molecule has 0 saturated carbocycles. The summed E-state index contributed by atoms with van der Waals surface area (Å²) in [5.41, 5.74) is 0. The van der Waals surface area contributed by atoms with Gasteiger partial charge in [-0.15, -0.1) is 0 Å². The van der Waals surface area contributed by atoms with Crippen molar-refractivity contribution < 1.29 is 0 Å². The predicted molar refractivity (Wildman–Crippen MR) is 73.7 cm³/mol. The zero-order valence-electron chi connectivity index (χ0n) is 11.5. The summed E-state index contributed by atoms with van der Waals surface area (Å²) in [4.78, 5) is 5.41. The van der Waals surface area contributed by atoms with Crippen molar-refractivity contribution in [1.29, 1.82) is 0 Å². The number of piperidine rings is 2. The van der Waals surface area contributed by atoms with E-state index in [9.17, 15) is 0 Å². The number of rotatable bonds is 2. The van der Waals surface area contributed by atoms with Gasteiger partial charge in [-0.05, 0) is 57.7 Å². The van der Waals surface area contributed by atoms with Gasteiger partial charge in [0.1, 0.15) is 0 Å². The van der Waals surface area contributed by atoms with Crippen LogP contribution in [0.2, 0.25) is 0 Å². The molecule has 0 spiro atoms. The van der Waals surface area contributed by atoms with Crippen molar-refractivity contribution >= 4 is 0 Å². The Morgan fingerprint density at radius 2 is 1.67 bits per heavy atom. The number of fused-ring (bicyclic) bond motifs is 3. The van der Waals surface area contributed by atoms with Gasteiger partial charge in [0.15, 0.2) is 0 Å². The molecule has 5 atom stereocenters. The first-order valence-corrected chi connectivity index (χ1v) is 8.12. The molecule has 102 valence electrons. The molecule has 0 radical (unpaired) electrons. The molecule has 0 aromatic carbocycles. The van der Waals surface area contributed by atoms with Gasteiger partial charge in [0.2, 0.25) is 0 Å². The van der Waals surface area contributed by atoms with Crippen LogP contribution in [-0.4, -0.2) is 60.6 Å². The van der Waals surface area contributed by atoms with E-state index in [0.29, 0.717) is 0 Å². The molecule has 0 amide bonds. The van der Waals surface area contributed by atoms with Gasteiger partial charge in [0.25, 0.3) is 0 Å². The fraction of sp³-hybridized carbons (Fsp3) is 1.00. The number of nitrogens with one attached hydrogen (secondary N) is 1. The third-order valence-electron chi connectivity index (χ3n) is 5.92. The molecule has 3 heteroatoms. The summed E-state index contributed by atoms with van der Waals surface area (Å²) in [6.45, 7) is 6.80. The first-order valence-electron chi connectivity index (χ1n) is 8.12. The summed E-state index contributed by atoms with van der Waals surface area (Å²) in [5, 5.41) is 4.08. The largest absolute Gasteiger partial charge is 0.309 e. The van der Waals surface area contributed by atoms with Crippen molar-refractivity contribution in [3.05, 3.63) is 0 Å². The Bertz CT molecular complexity index is 306. The van der Waals surface area contributed by atoms with Crippen LogP contribution in [0.3, 0.4) is 0 Å². The summed E-state index contributed by atoms with van der Waals surface area (Å²) < 4.78 is 0. The molecular weight excluding hydrogens is 222 g/mol. The van der Waals surface area contributed by atoms with Crippen LogP contribution >= 0.6 is 0 Å². The Labute approximate surface area is 111 Å². The van der Waals surface area contributed by atoms with E-state index in [1.807, 2.05) is 0 Å². The summed E-state index contributed by atoms with van der Waals surface area (Å²) >= 11 is 0. The molecule has 4 rings (SSSR count). The molecule has 5 unspecified atom stereocenters. The molecule has 4 fully saturated rings. The molecule has 0 aromatic heterocycles. The monoisotopic (exact) mass is 249 g/mol. The van der Waals surface area contributed by atoms with Crippen molar-refractivity contribution in [3.8, 4) is 0 Å². The Kier molecular flexibility index (Phi) is 3.10. The average Bonchev–Trinajstić information content (AvgIpc) is 2.98. The van der Waals surface area contributed by atoms with E-state index in [-0.39, 0.29) is 0 Å². The third-order valence-corrected chi connectivity index (χ3v) is 5.92. The van der Waals surface area contributed by atoms with Crippen LogP contribution in [-0.2, 0) is 0 Å². The van der Waals surface area contributed by atoms with Crippen LogP contribution in [0.25, 0.3) is 0 Å². The van der Waals surface area contributed by atoms with E-state index in [1.165, 1.54) is 71.2 Å². The smallest absolute Gasteiger partial charge is 0.0249 e. The number of hydrogen-bond donors (Lipinski definition) is 1. The first-order chi connectivity index (χ1) is 8.90.